The minimum atomic E-state index is -4.26. The average molecular weight is 518 g/mol. The summed E-state index contributed by atoms with van der Waals surface area (Å²) in [5, 5.41) is 13.8. The molecule has 0 heterocycles. The lowest BCUT2D eigenvalue weighted by Gasteiger charge is -2.24. The molecule has 0 aliphatic rings. The smallest absolute Gasteiger partial charge is 0.338 e. The van der Waals surface area contributed by atoms with E-state index >= 15 is 0 Å². The summed E-state index contributed by atoms with van der Waals surface area (Å²) in [5.74, 6) is -1.35. The maximum atomic E-state index is 13.3. The predicted molar refractivity (Wildman–Crippen MR) is 130 cm³/mol. The lowest BCUT2D eigenvalue weighted by Crippen LogP contribution is -2.38. The zero-order chi connectivity index (χ0) is 25.6. The first-order valence-corrected chi connectivity index (χ1v) is 12.0. The first-order chi connectivity index (χ1) is 16.6. The number of halogens is 1. The molecule has 182 valence electrons. The van der Waals surface area contributed by atoms with Crippen molar-refractivity contribution in [3.63, 3.8) is 0 Å². The highest BCUT2D eigenvalue weighted by Gasteiger charge is 2.28. The summed E-state index contributed by atoms with van der Waals surface area (Å²) in [6, 6.07) is 16.4. The number of benzene rings is 3. The topological polar surface area (TPSA) is 136 Å². The molecule has 1 N–H and O–H groups in total. The highest BCUT2D eigenvalue weighted by Crippen LogP contribution is 2.28. The van der Waals surface area contributed by atoms with Crippen LogP contribution in [0.5, 0.6) is 0 Å². The number of hydrogen-bond acceptors (Lipinski definition) is 7. The van der Waals surface area contributed by atoms with Crippen LogP contribution in [0.2, 0.25) is 5.02 Å². The molecule has 0 radical (unpaired) electrons. The Bertz CT molecular complexity index is 1360. The molecule has 1 amide bonds. The van der Waals surface area contributed by atoms with Crippen LogP contribution in [-0.2, 0) is 19.6 Å². The van der Waals surface area contributed by atoms with Gasteiger partial charge in [-0.2, -0.15) is 0 Å². The van der Waals surface area contributed by atoms with Gasteiger partial charge in [0.1, 0.15) is 6.54 Å². The third-order valence-electron chi connectivity index (χ3n) is 4.70. The van der Waals surface area contributed by atoms with Gasteiger partial charge in [-0.05, 0) is 43.3 Å². The minimum Gasteiger partial charge on any atom is -0.462 e. The third-order valence-corrected chi connectivity index (χ3v) is 6.80. The van der Waals surface area contributed by atoms with E-state index in [2.05, 4.69) is 5.32 Å². The quantitative estimate of drug-likeness (QED) is 0.254. The second kappa shape index (κ2) is 11.0. The molecule has 0 saturated carbocycles. The monoisotopic (exact) mass is 517 g/mol. The molecular formula is C23H20ClN3O7S. The van der Waals surface area contributed by atoms with Crippen molar-refractivity contribution in [3.05, 3.63) is 93.5 Å². The fourth-order valence-corrected chi connectivity index (χ4v) is 4.74. The first-order valence-electron chi connectivity index (χ1n) is 10.2. The fourth-order valence-electron chi connectivity index (χ4n) is 3.07. The summed E-state index contributed by atoms with van der Waals surface area (Å²) in [6.45, 7) is 1.14. The van der Waals surface area contributed by atoms with Gasteiger partial charge in [0, 0.05) is 12.1 Å². The molecule has 0 atom stereocenters. The first kappa shape index (κ1) is 25.7. The van der Waals surface area contributed by atoms with Crippen LogP contribution in [0.3, 0.4) is 0 Å². The number of non-ortho nitro benzene ring substituents is 1. The molecule has 0 spiro atoms. The molecule has 3 rings (SSSR count). The Hall–Kier alpha value is -3.96. The molecule has 0 aromatic heterocycles. The average Bonchev–Trinajstić information content (AvgIpc) is 2.84. The zero-order valence-electron chi connectivity index (χ0n) is 18.4. The second-order valence-corrected chi connectivity index (χ2v) is 9.33. The van der Waals surface area contributed by atoms with E-state index in [1.807, 2.05) is 0 Å². The van der Waals surface area contributed by atoms with Crippen LogP contribution in [-0.4, -0.2) is 38.4 Å². The van der Waals surface area contributed by atoms with E-state index in [0.717, 1.165) is 10.4 Å². The van der Waals surface area contributed by atoms with Gasteiger partial charge in [-0.15, -0.1) is 0 Å². The molecule has 10 nitrogen and oxygen atoms in total. The summed E-state index contributed by atoms with van der Waals surface area (Å²) in [7, 11) is -4.26. The van der Waals surface area contributed by atoms with Crippen molar-refractivity contribution >= 4 is 50.6 Å². The van der Waals surface area contributed by atoms with Gasteiger partial charge in [-0.3, -0.25) is 19.2 Å². The zero-order valence-corrected chi connectivity index (χ0v) is 20.0. The number of amides is 1. The summed E-state index contributed by atoms with van der Waals surface area (Å²) in [5.41, 5.74) is -0.0868. The van der Waals surface area contributed by atoms with Crippen LogP contribution in [0.1, 0.15) is 17.3 Å². The highest BCUT2D eigenvalue weighted by molar-refractivity contribution is 7.92. The van der Waals surface area contributed by atoms with E-state index < -0.39 is 33.4 Å². The van der Waals surface area contributed by atoms with Gasteiger partial charge in [0.2, 0.25) is 5.91 Å². The number of ether oxygens (including phenoxy) is 1. The van der Waals surface area contributed by atoms with E-state index in [4.69, 9.17) is 16.3 Å². The van der Waals surface area contributed by atoms with Crippen LogP contribution in [0.4, 0.5) is 17.1 Å². The van der Waals surface area contributed by atoms with Crippen molar-refractivity contribution in [1.82, 2.24) is 0 Å². The Labute approximate surface area is 206 Å². The number of carbonyl (C=O) groups excluding carboxylic acids is 2. The van der Waals surface area contributed by atoms with Crippen LogP contribution < -0.4 is 9.62 Å². The van der Waals surface area contributed by atoms with E-state index in [9.17, 15) is 28.1 Å². The Morgan fingerprint density at radius 2 is 1.77 bits per heavy atom. The SMILES string of the molecule is CCOC(=O)c1ccc(NC(=O)CN(c2cccc([N+](=O)[O-])c2)S(=O)(=O)c2ccccc2)c(Cl)c1. The van der Waals surface area contributed by atoms with Crippen LogP contribution in [0, 0.1) is 10.1 Å². The van der Waals surface area contributed by atoms with Gasteiger partial charge in [-0.1, -0.05) is 35.9 Å². The van der Waals surface area contributed by atoms with Gasteiger partial charge in [-0.25, -0.2) is 13.2 Å². The number of nitro benzene ring substituents is 1. The standard InChI is InChI=1S/C23H20ClN3O7S/c1-2-34-23(29)16-11-12-21(20(24)13-16)25-22(28)15-26(17-7-6-8-18(14-17)27(30)31)35(32,33)19-9-4-3-5-10-19/h3-14H,2,15H2,1H3,(H,25,28). The largest absolute Gasteiger partial charge is 0.462 e. The minimum absolute atomic E-state index is 0.0386. The van der Waals surface area contributed by atoms with Crippen LogP contribution in [0.25, 0.3) is 0 Å². The highest BCUT2D eigenvalue weighted by atomic mass is 35.5. The van der Waals surface area contributed by atoms with E-state index in [0.29, 0.717) is 0 Å². The predicted octanol–water partition coefficient (Wildman–Crippen LogP) is 4.26. The number of carbonyl (C=O) groups is 2. The Kier molecular flexibility index (Phi) is 8.05. The van der Waals surface area contributed by atoms with E-state index in [1.165, 1.54) is 60.7 Å². The normalized spacial score (nSPS) is 10.9. The van der Waals surface area contributed by atoms with Gasteiger partial charge < -0.3 is 10.1 Å². The number of hydrogen-bond donors (Lipinski definition) is 1. The number of nitrogens with one attached hydrogen (secondary N) is 1. The molecular weight excluding hydrogens is 498 g/mol. The van der Waals surface area contributed by atoms with Gasteiger partial charge in [0.15, 0.2) is 0 Å². The molecule has 3 aromatic carbocycles. The number of nitro groups is 1. The summed E-state index contributed by atoms with van der Waals surface area (Å²) >= 11 is 6.18. The lowest BCUT2D eigenvalue weighted by atomic mass is 10.2. The molecule has 0 aliphatic heterocycles. The molecule has 3 aromatic rings. The number of rotatable bonds is 9. The van der Waals surface area contributed by atoms with Crippen molar-refractivity contribution in [2.24, 2.45) is 0 Å². The van der Waals surface area contributed by atoms with Crippen molar-refractivity contribution in [1.29, 1.82) is 0 Å². The fraction of sp³-hybridized carbons (Fsp3) is 0.130. The lowest BCUT2D eigenvalue weighted by molar-refractivity contribution is -0.384. The molecule has 0 bridgehead atoms. The van der Waals surface area contributed by atoms with E-state index in [1.54, 1.807) is 13.0 Å². The Morgan fingerprint density at radius 1 is 1.06 bits per heavy atom. The van der Waals surface area contributed by atoms with Gasteiger partial charge >= 0.3 is 5.97 Å². The number of anilines is 2. The van der Waals surface area contributed by atoms with Crippen molar-refractivity contribution < 1.29 is 27.7 Å². The van der Waals surface area contributed by atoms with Crippen molar-refractivity contribution in [3.8, 4) is 0 Å². The Morgan fingerprint density at radius 3 is 2.40 bits per heavy atom. The summed E-state index contributed by atoms with van der Waals surface area (Å²) in [6.07, 6.45) is 0. The summed E-state index contributed by atoms with van der Waals surface area (Å²) in [4.78, 5) is 35.2. The van der Waals surface area contributed by atoms with Crippen LogP contribution in [0.15, 0.2) is 77.7 Å². The Balaban J connectivity index is 1.92. The summed E-state index contributed by atoms with van der Waals surface area (Å²) < 4.78 is 32.4. The number of sulfonamides is 1. The molecule has 0 saturated heterocycles. The van der Waals surface area contributed by atoms with Gasteiger partial charge in [0.25, 0.3) is 15.7 Å². The second-order valence-electron chi connectivity index (χ2n) is 7.06. The van der Waals surface area contributed by atoms with E-state index in [-0.39, 0.29) is 39.2 Å². The van der Waals surface area contributed by atoms with Crippen LogP contribution >= 0.6 is 11.6 Å². The maximum Gasteiger partial charge on any atom is 0.338 e. The molecule has 0 fully saturated rings. The third kappa shape index (κ3) is 6.14. The van der Waals surface area contributed by atoms with Gasteiger partial charge in [0.05, 0.1) is 38.4 Å². The molecule has 12 heteroatoms. The van der Waals surface area contributed by atoms with Crippen molar-refractivity contribution in [2.75, 3.05) is 22.8 Å². The number of esters is 1. The molecule has 0 unspecified atom stereocenters. The molecule has 35 heavy (non-hydrogen) atoms. The maximum absolute atomic E-state index is 13.3. The number of nitrogens with zero attached hydrogens (tertiary/aromatic N) is 2. The molecule has 0 aliphatic carbocycles. The van der Waals surface area contributed by atoms with Crippen molar-refractivity contribution in [2.45, 2.75) is 11.8 Å².